The summed E-state index contributed by atoms with van der Waals surface area (Å²) in [6, 6.07) is 31.2. The molecule has 0 spiro atoms. The van der Waals surface area contributed by atoms with Gasteiger partial charge in [0, 0.05) is 32.3 Å². The van der Waals surface area contributed by atoms with Crippen molar-refractivity contribution in [1.82, 2.24) is 9.34 Å². The molecule has 31 heavy (non-hydrogen) atoms. The second kappa shape index (κ2) is 8.68. The van der Waals surface area contributed by atoms with Crippen LogP contribution < -0.4 is 0 Å². The maximum Gasteiger partial charge on any atom is 0.188 e. The van der Waals surface area contributed by atoms with Gasteiger partial charge in [0.25, 0.3) is 0 Å². The summed E-state index contributed by atoms with van der Waals surface area (Å²) in [4.78, 5) is 0. The number of rotatable bonds is 5. The Hall–Kier alpha value is -2.29. The van der Waals surface area contributed by atoms with Gasteiger partial charge in [0.2, 0.25) is 0 Å². The molecule has 1 fully saturated rings. The Kier molecular flexibility index (Phi) is 5.77. The molecule has 0 amide bonds. The van der Waals surface area contributed by atoms with Crippen molar-refractivity contribution in [2.24, 2.45) is 0 Å². The summed E-state index contributed by atoms with van der Waals surface area (Å²) in [5.41, 5.74) is 2.75. The largest absolute Gasteiger partial charge is 0.335 e. The summed E-state index contributed by atoms with van der Waals surface area (Å²) in [6.45, 7) is 6.67. The molecule has 158 valence electrons. The smallest absolute Gasteiger partial charge is 0.188 e. The molecule has 3 nitrogen and oxygen atoms in total. The molecule has 4 heteroatoms. The van der Waals surface area contributed by atoms with E-state index in [0.29, 0.717) is 12.1 Å². The Morgan fingerprint density at radius 3 is 1.52 bits per heavy atom. The lowest BCUT2D eigenvalue weighted by Crippen LogP contribution is -2.22. The first-order valence-corrected chi connectivity index (χ1v) is 12.2. The van der Waals surface area contributed by atoms with Crippen molar-refractivity contribution >= 4 is 30.0 Å². The number of benzene rings is 4. The van der Waals surface area contributed by atoms with Crippen molar-refractivity contribution < 1.29 is 4.52 Å². The highest BCUT2D eigenvalue weighted by Gasteiger charge is 2.39. The number of nitrogens with zero attached hydrogens (tertiary/aromatic N) is 2. The highest BCUT2D eigenvalue weighted by molar-refractivity contribution is 7.47. The van der Waals surface area contributed by atoms with Crippen LogP contribution in [-0.2, 0) is 4.52 Å². The molecule has 1 aliphatic rings. The molecule has 0 radical (unpaired) electrons. The zero-order chi connectivity index (χ0) is 21.4. The molecule has 2 atom stereocenters. The third-order valence-electron chi connectivity index (χ3n) is 6.60. The molecule has 5 rings (SSSR count). The van der Waals surface area contributed by atoms with Gasteiger partial charge in [-0.05, 0) is 46.5 Å². The fourth-order valence-corrected chi connectivity index (χ4v) is 7.04. The van der Waals surface area contributed by atoms with Crippen LogP contribution in [0.4, 0.5) is 0 Å². The molecule has 0 bridgehead atoms. The third-order valence-corrected chi connectivity index (χ3v) is 8.90. The number of hydrogen-bond acceptors (Lipinski definition) is 3. The summed E-state index contributed by atoms with van der Waals surface area (Å²) in [6.07, 6.45) is 0. The normalized spacial score (nSPS) is 18.0. The van der Waals surface area contributed by atoms with Gasteiger partial charge in [-0.15, -0.1) is 0 Å². The molecule has 4 aromatic rings. The summed E-state index contributed by atoms with van der Waals surface area (Å²) >= 11 is 0. The molecule has 0 aromatic heterocycles. The Bertz CT molecular complexity index is 1110. The van der Waals surface area contributed by atoms with Crippen molar-refractivity contribution in [3.05, 3.63) is 96.1 Å². The summed E-state index contributed by atoms with van der Waals surface area (Å²) in [5.74, 6) is 0. The molecule has 0 unspecified atom stereocenters. The van der Waals surface area contributed by atoms with Crippen molar-refractivity contribution in [3.8, 4) is 0 Å². The van der Waals surface area contributed by atoms with E-state index in [0.717, 1.165) is 13.1 Å². The lowest BCUT2D eigenvalue weighted by Gasteiger charge is -2.35. The first-order valence-electron chi connectivity index (χ1n) is 11.0. The van der Waals surface area contributed by atoms with E-state index in [2.05, 4.69) is 108 Å². The number of hydrogen-bond donors (Lipinski definition) is 0. The topological polar surface area (TPSA) is 15.7 Å². The minimum absolute atomic E-state index is 0.293. The van der Waals surface area contributed by atoms with Gasteiger partial charge < -0.3 is 4.52 Å². The fourth-order valence-electron chi connectivity index (χ4n) is 4.97. The monoisotopic (exact) mass is 428 g/mol. The van der Waals surface area contributed by atoms with Crippen LogP contribution in [0.1, 0.15) is 37.1 Å². The molecule has 1 saturated heterocycles. The summed E-state index contributed by atoms with van der Waals surface area (Å²) in [7, 11) is 1.02. The lowest BCUT2D eigenvalue weighted by molar-refractivity contribution is 0.322. The predicted octanol–water partition coefficient (Wildman–Crippen LogP) is 7.31. The van der Waals surface area contributed by atoms with E-state index >= 15 is 0 Å². The SMILES string of the molecule is COP1N([C@H](C)c2cccc3ccccc23)CCN1[C@H](C)c1cccc2ccccc12. The Morgan fingerprint density at radius 1 is 0.645 bits per heavy atom. The van der Waals surface area contributed by atoms with Crippen LogP contribution >= 0.6 is 8.45 Å². The van der Waals surface area contributed by atoms with Crippen LogP contribution in [0.3, 0.4) is 0 Å². The van der Waals surface area contributed by atoms with Crippen molar-refractivity contribution in [3.63, 3.8) is 0 Å². The number of fused-ring (bicyclic) bond motifs is 2. The van der Waals surface area contributed by atoms with Crippen LogP contribution in [0.25, 0.3) is 21.5 Å². The Balaban J connectivity index is 1.47. The van der Waals surface area contributed by atoms with E-state index in [1.165, 1.54) is 32.7 Å². The molecule has 1 heterocycles. The van der Waals surface area contributed by atoms with E-state index in [1.54, 1.807) is 0 Å². The molecule has 0 aliphatic carbocycles. The van der Waals surface area contributed by atoms with Crippen molar-refractivity contribution in [2.45, 2.75) is 25.9 Å². The Morgan fingerprint density at radius 2 is 1.06 bits per heavy atom. The van der Waals surface area contributed by atoms with Gasteiger partial charge >= 0.3 is 0 Å². The highest BCUT2D eigenvalue weighted by Crippen LogP contribution is 2.57. The quantitative estimate of drug-likeness (QED) is 0.310. The van der Waals surface area contributed by atoms with Gasteiger partial charge in [0.1, 0.15) is 0 Å². The molecule has 0 N–H and O–H groups in total. The van der Waals surface area contributed by atoms with E-state index in [9.17, 15) is 0 Å². The molecule has 4 aromatic carbocycles. The van der Waals surface area contributed by atoms with Gasteiger partial charge in [-0.3, -0.25) is 0 Å². The third kappa shape index (κ3) is 3.66. The van der Waals surface area contributed by atoms with Crippen LogP contribution in [0.15, 0.2) is 84.9 Å². The van der Waals surface area contributed by atoms with Gasteiger partial charge in [-0.2, -0.15) is 0 Å². The summed E-state index contributed by atoms with van der Waals surface area (Å²) < 4.78 is 11.3. The van der Waals surface area contributed by atoms with Gasteiger partial charge in [-0.25, -0.2) is 9.34 Å². The molecule has 0 saturated carbocycles. The van der Waals surface area contributed by atoms with Crippen molar-refractivity contribution in [1.29, 1.82) is 0 Å². The fraction of sp³-hybridized carbons (Fsp3) is 0.259. The van der Waals surface area contributed by atoms with Gasteiger partial charge in [0.15, 0.2) is 8.45 Å². The minimum Gasteiger partial charge on any atom is -0.335 e. The van der Waals surface area contributed by atoms with Crippen LogP contribution in [-0.4, -0.2) is 29.5 Å². The van der Waals surface area contributed by atoms with Gasteiger partial charge in [0.05, 0.1) is 0 Å². The second-order valence-electron chi connectivity index (χ2n) is 8.25. The first kappa shape index (κ1) is 20.6. The lowest BCUT2D eigenvalue weighted by atomic mass is 9.99. The van der Waals surface area contributed by atoms with Crippen LogP contribution in [0.2, 0.25) is 0 Å². The first-order chi connectivity index (χ1) is 15.2. The zero-order valence-corrected chi connectivity index (χ0v) is 19.3. The summed E-state index contributed by atoms with van der Waals surface area (Å²) in [5, 5.41) is 5.27. The second-order valence-corrected chi connectivity index (χ2v) is 10.1. The maximum atomic E-state index is 6.16. The average molecular weight is 429 g/mol. The van der Waals surface area contributed by atoms with E-state index in [4.69, 9.17) is 4.52 Å². The maximum absolute atomic E-state index is 6.16. The molecule has 1 aliphatic heterocycles. The molecular weight excluding hydrogens is 399 g/mol. The van der Waals surface area contributed by atoms with E-state index in [-0.39, 0.29) is 0 Å². The van der Waals surface area contributed by atoms with E-state index in [1.807, 2.05) is 7.11 Å². The average Bonchev–Trinajstić information content (AvgIpc) is 3.26. The highest BCUT2D eigenvalue weighted by atomic mass is 31.2. The zero-order valence-electron chi connectivity index (χ0n) is 18.4. The minimum atomic E-state index is -0.840. The standard InChI is InChI=1S/C27H29N2OP/c1-20(24-16-8-12-22-10-4-6-14-26(22)24)28-18-19-29(31(28)30-3)21(2)25-17-9-13-23-11-5-7-15-27(23)25/h4-17,20-21H,18-19H2,1-3H3/t20-,21-/m1/s1. The van der Waals surface area contributed by atoms with Crippen LogP contribution in [0, 0.1) is 0 Å². The Labute approximate surface area is 186 Å². The van der Waals surface area contributed by atoms with E-state index < -0.39 is 8.45 Å². The molecular formula is C27H29N2OP. The van der Waals surface area contributed by atoms with Gasteiger partial charge in [-0.1, -0.05) is 84.9 Å². The van der Waals surface area contributed by atoms with Crippen LogP contribution in [0.5, 0.6) is 0 Å². The predicted molar refractivity (Wildman–Crippen MR) is 132 cm³/mol. The van der Waals surface area contributed by atoms with Crippen molar-refractivity contribution in [2.75, 3.05) is 20.2 Å².